The Balaban J connectivity index is 3.89. The van der Waals surface area contributed by atoms with Crippen LogP contribution in [0.4, 0.5) is 0 Å². The summed E-state index contributed by atoms with van der Waals surface area (Å²) in [4.78, 5) is -1.95. The number of hydrogen-bond donors (Lipinski definition) is 2. The van der Waals surface area contributed by atoms with Gasteiger partial charge in [0, 0.05) is 0 Å². The fraction of sp³-hybridized carbons (Fsp3) is 1.00. The molecule has 0 unspecified atom stereocenters. The van der Waals surface area contributed by atoms with E-state index in [0.29, 0.717) is 12.8 Å². The van der Waals surface area contributed by atoms with Crippen molar-refractivity contribution in [3.8, 4) is 0 Å². The maximum atomic E-state index is 11.7. The molecule has 170 valence electrons. The minimum Gasteiger partial charge on any atom is -0.372 e. The average molecular weight is 421 g/mol. The zero-order valence-corrected chi connectivity index (χ0v) is 19.6. The molecule has 0 saturated heterocycles. The summed E-state index contributed by atoms with van der Waals surface area (Å²) < 4.78 is 32.9. The molecule has 4 nitrogen and oxygen atoms in total. The Kier molecular flexibility index (Phi) is 17.6. The molecule has 0 aromatic heterocycles. The van der Waals surface area contributed by atoms with E-state index in [1.807, 2.05) is 0 Å². The molecule has 0 aliphatic heterocycles. The molecular weight excluding hydrogens is 372 g/mol. The zero-order chi connectivity index (χ0) is 21.1. The van der Waals surface area contributed by atoms with Crippen LogP contribution in [0.25, 0.3) is 0 Å². The predicted molar refractivity (Wildman–Crippen MR) is 120 cm³/mol. The fourth-order valence-corrected chi connectivity index (χ4v) is 4.61. The Labute approximate surface area is 175 Å². The molecule has 0 aromatic carbocycles. The van der Waals surface area contributed by atoms with Crippen molar-refractivity contribution in [2.24, 2.45) is 0 Å². The highest BCUT2D eigenvalue weighted by atomic mass is 32.2. The van der Waals surface area contributed by atoms with Gasteiger partial charge in [0.25, 0.3) is 10.1 Å². The molecule has 0 heterocycles. The van der Waals surface area contributed by atoms with Crippen molar-refractivity contribution in [2.45, 2.75) is 147 Å². The van der Waals surface area contributed by atoms with Gasteiger partial charge in [-0.25, -0.2) is 0 Å². The summed E-state index contributed by atoms with van der Waals surface area (Å²) in [5.41, 5.74) is 0. The molecule has 0 aliphatic rings. The lowest BCUT2D eigenvalue weighted by Crippen LogP contribution is -2.38. The summed E-state index contributed by atoms with van der Waals surface area (Å²) in [6, 6.07) is 0. The van der Waals surface area contributed by atoms with Crippen LogP contribution in [0.15, 0.2) is 0 Å². The number of hydrogen-bond acceptors (Lipinski definition) is 3. The van der Waals surface area contributed by atoms with E-state index in [0.717, 1.165) is 25.7 Å². The van der Waals surface area contributed by atoms with Crippen LogP contribution in [0.2, 0.25) is 0 Å². The highest BCUT2D eigenvalue weighted by Gasteiger charge is 2.39. The van der Waals surface area contributed by atoms with Crippen LogP contribution in [-0.2, 0) is 10.1 Å². The minimum absolute atomic E-state index is 0.151. The standard InChI is InChI=1S/C23H48O4S/c1-3-5-7-9-11-13-15-17-19-21-23(24,28(25,26)27)22-20-18-16-14-12-10-8-6-4-2/h24H,3-22H2,1-2H3,(H,25,26,27). The molecule has 0 aromatic rings. The SMILES string of the molecule is CCCCCCCCCCCC(O)(CCCCCCCCCCC)S(=O)(=O)O. The second-order valence-corrected chi connectivity index (χ2v) is 10.3. The van der Waals surface area contributed by atoms with Crippen molar-refractivity contribution in [3.63, 3.8) is 0 Å². The van der Waals surface area contributed by atoms with Crippen LogP contribution < -0.4 is 0 Å². The summed E-state index contributed by atoms with van der Waals surface area (Å²) in [7, 11) is -4.42. The van der Waals surface area contributed by atoms with Crippen LogP contribution in [0, 0.1) is 0 Å². The molecule has 2 N–H and O–H groups in total. The molecule has 0 radical (unpaired) electrons. The smallest absolute Gasteiger partial charge is 0.294 e. The monoisotopic (exact) mass is 420 g/mol. The first-order valence-electron chi connectivity index (χ1n) is 12.1. The molecule has 0 fully saturated rings. The first kappa shape index (κ1) is 27.9. The van der Waals surface area contributed by atoms with Gasteiger partial charge in [-0.3, -0.25) is 4.55 Å². The number of aliphatic hydroxyl groups is 1. The van der Waals surface area contributed by atoms with E-state index >= 15 is 0 Å². The van der Waals surface area contributed by atoms with Gasteiger partial charge in [-0.05, 0) is 25.7 Å². The third kappa shape index (κ3) is 14.8. The van der Waals surface area contributed by atoms with Gasteiger partial charge in [0.2, 0.25) is 0 Å². The zero-order valence-electron chi connectivity index (χ0n) is 18.8. The van der Waals surface area contributed by atoms with E-state index in [9.17, 15) is 18.1 Å². The predicted octanol–water partition coefficient (Wildman–Crippen LogP) is 7.40. The third-order valence-corrected chi connectivity index (χ3v) is 7.19. The maximum absolute atomic E-state index is 11.7. The average Bonchev–Trinajstić information content (AvgIpc) is 2.64. The largest absolute Gasteiger partial charge is 0.372 e. The molecule has 0 saturated carbocycles. The van der Waals surface area contributed by atoms with Crippen LogP contribution >= 0.6 is 0 Å². The van der Waals surface area contributed by atoms with Crippen molar-refractivity contribution in [3.05, 3.63) is 0 Å². The second kappa shape index (κ2) is 17.7. The Morgan fingerprint density at radius 3 is 1.04 bits per heavy atom. The van der Waals surface area contributed by atoms with Crippen LogP contribution in [-0.4, -0.2) is 23.0 Å². The van der Waals surface area contributed by atoms with E-state index in [4.69, 9.17) is 0 Å². The third-order valence-electron chi connectivity index (χ3n) is 5.82. The summed E-state index contributed by atoms with van der Waals surface area (Å²) in [6.07, 6.45) is 20.7. The van der Waals surface area contributed by atoms with Gasteiger partial charge in [0.05, 0.1) is 0 Å². The Morgan fingerprint density at radius 1 is 0.536 bits per heavy atom. The normalized spacial score (nSPS) is 12.6. The van der Waals surface area contributed by atoms with Crippen molar-refractivity contribution in [1.82, 2.24) is 0 Å². The summed E-state index contributed by atoms with van der Waals surface area (Å²) >= 11 is 0. The molecule has 0 bridgehead atoms. The van der Waals surface area contributed by atoms with E-state index < -0.39 is 15.1 Å². The van der Waals surface area contributed by atoms with Crippen LogP contribution in [0.3, 0.4) is 0 Å². The van der Waals surface area contributed by atoms with Gasteiger partial charge in [0.15, 0.2) is 4.93 Å². The molecule has 0 atom stereocenters. The summed E-state index contributed by atoms with van der Waals surface area (Å²) in [5.74, 6) is 0. The number of unbranched alkanes of at least 4 members (excludes halogenated alkanes) is 16. The molecule has 5 heteroatoms. The molecule has 0 aliphatic carbocycles. The lowest BCUT2D eigenvalue weighted by Gasteiger charge is -2.24. The van der Waals surface area contributed by atoms with E-state index in [1.165, 1.54) is 77.0 Å². The Bertz CT molecular complexity index is 412. The van der Waals surface area contributed by atoms with E-state index in [-0.39, 0.29) is 12.8 Å². The summed E-state index contributed by atoms with van der Waals surface area (Å²) in [5, 5.41) is 10.5. The van der Waals surface area contributed by atoms with Crippen molar-refractivity contribution < 1.29 is 18.1 Å². The first-order chi connectivity index (χ1) is 13.4. The Hall–Kier alpha value is -0.130. The fourth-order valence-electron chi connectivity index (χ4n) is 3.81. The second-order valence-electron chi connectivity index (χ2n) is 8.58. The maximum Gasteiger partial charge on any atom is 0.294 e. The molecule has 0 spiro atoms. The van der Waals surface area contributed by atoms with Crippen molar-refractivity contribution >= 4 is 10.1 Å². The van der Waals surface area contributed by atoms with Gasteiger partial charge >= 0.3 is 0 Å². The summed E-state index contributed by atoms with van der Waals surface area (Å²) in [6.45, 7) is 4.43. The van der Waals surface area contributed by atoms with Gasteiger partial charge in [-0.2, -0.15) is 8.42 Å². The first-order valence-corrected chi connectivity index (χ1v) is 13.5. The van der Waals surface area contributed by atoms with E-state index in [2.05, 4.69) is 13.8 Å². The van der Waals surface area contributed by atoms with Crippen molar-refractivity contribution in [2.75, 3.05) is 0 Å². The lowest BCUT2D eigenvalue weighted by molar-refractivity contribution is 0.0884. The Morgan fingerprint density at radius 2 is 0.786 bits per heavy atom. The molecule has 28 heavy (non-hydrogen) atoms. The van der Waals surface area contributed by atoms with Gasteiger partial charge in [-0.15, -0.1) is 0 Å². The number of rotatable bonds is 21. The molecule has 0 rings (SSSR count). The van der Waals surface area contributed by atoms with E-state index in [1.54, 1.807) is 0 Å². The molecular formula is C23H48O4S. The topological polar surface area (TPSA) is 74.6 Å². The van der Waals surface area contributed by atoms with Crippen LogP contribution in [0.5, 0.6) is 0 Å². The van der Waals surface area contributed by atoms with Gasteiger partial charge in [-0.1, -0.05) is 117 Å². The minimum atomic E-state index is -4.42. The highest BCUT2D eigenvalue weighted by molar-refractivity contribution is 7.87. The lowest BCUT2D eigenvalue weighted by atomic mass is 10.0. The quantitative estimate of drug-likeness (QED) is 0.150. The molecule has 0 amide bonds. The van der Waals surface area contributed by atoms with Crippen LogP contribution in [0.1, 0.15) is 142 Å². The van der Waals surface area contributed by atoms with Gasteiger partial charge in [0.1, 0.15) is 0 Å². The van der Waals surface area contributed by atoms with Gasteiger partial charge < -0.3 is 5.11 Å². The highest BCUT2D eigenvalue weighted by Crippen LogP contribution is 2.28. The van der Waals surface area contributed by atoms with Crippen molar-refractivity contribution in [1.29, 1.82) is 0 Å².